The lowest BCUT2D eigenvalue weighted by Crippen LogP contribution is -2.28. The molecule has 0 aliphatic rings. The van der Waals surface area contributed by atoms with Gasteiger partial charge in [0.15, 0.2) is 0 Å². The number of allylic oxidation sites excluding steroid dienone is 1. The molecule has 17 heavy (non-hydrogen) atoms. The molecule has 0 amide bonds. The summed E-state index contributed by atoms with van der Waals surface area (Å²) in [6.45, 7) is 15.6. The van der Waals surface area contributed by atoms with Crippen molar-refractivity contribution in [3.63, 3.8) is 0 Å². The molecule has 0 rings (SSSR count). The molecule has 0 aromatic carbocycles. The van der Waals surface area contributed by atoms with Gasteiger partial charge in [-0.2, -0.15) is 0 Å². The predicted molar refractivity (Wildman–Crippen MR) is 78.1 cm³/mol. The van der Waals surface area contributed by atoms with E-state index in [1.54, 1.807) is 0 Å². The van der Waals surface area contributed by atoms with Crippen LogP contribution in [0.3, 0.4) is 0 Å². The second kappa shape index (κ2) is 8.57. The number of nitrogens with one attached hydrogen (secondary N) is 1. The lowest BCUT2D eigenvalue weighted by atomic mass is 9.91. The Morgan fingerprint density at radius 2 is 1.76 bits per heavy atom. The van der Waals surface area contributed by atoms with Crippen LogP contribution < -0.4 is 5.32 Å². The zero-order valence-electron chi connectivity index (χ0n) is 12.7. The van der Waals surface area contributed by atoms with E-state index in [4.69, 9.17) is 0 Å². The number of nitrogens with zero attached hydrogens (tertiary/aromatic N) is 1. The molecule has 0 saturated carbocycles. The minimum atomic E-state index is 0.548. The molecule has 2 atom stereocenters. The van der Waals surface area contributed by atoms with Gasteiger partial charge in [0, 0.05) is 19.3 Å². The van der Waals surface area contributed by atoms with Crippen molar-refractivity contribution in [3.05, 3.63) is 12.3 Å². The highest BCUT2D eigenvalue weighted by molar-refractivity contribution is 4.96. The van der Waals surface area contributed by atoms with Gasteiger partial charge in [0.05, 0.1) is 0 Å². The van der Waals surface area contributed by atoms with Crippen LogP contribution in [0.2, 0.25) is 0 Å². The van der Waals surface area contributed by atoms with E-state index in [9.17, 15) is 0 Å². The zero-order valence-corrected chi connectivity index (χ0v) is 12.7. The minimum Gasteiger partial charge on any atom is -0.378 e. The Morgan fingerprint density at radius 1 is 1.18 bits per heavy atom. The first-order valence-electron chi connectivity index (χ1n) is 6.94. The summed E-state index contributed by atoms with van der Waals surface area (Å²) in [6, 6.07) is 0. The van der Waals surface area contributed by atoms with Crippen LogP contribution in [0.5, 0.6) is 0 Å². The fraction of sp³-hybridized carbons (Fsp3) is 0.867. The van der Waals surface area contributed by atoms with Gasteiger partial charge in [0.25, 0.3) is 0 Å². The van der Waals surface area contributed by atoms with Crippen LogP contribution in [0, 0.1) is 17.8 Å². The Hall–Kier alpha value is -0.500. The van der Waals surface area contributed by atoms with E-state index in [1.807, 2.05) is 7.05 Å². The predicted octanol–water partition coefficient (Wildman–Crippen LogP) is 3.36. The molecule has 0 aliphatic heterocycles. The molecule has 0 saturated heterocycles. The molecule has 0 bridgehead atoms. The molecule has 0 fully saturated rings. The minimum absolute atomic E-state index is 0.548. The molecule has 0 spiro atoms. The van der Waals surface area contributed by atoms with Gasteiger partial charge in [0.1, 0.15) is 0 Å². The maximum absolute atomic E-state index is 4.16. The number of rotatable bonds is 9. The molecule has 2 heteroatoms. The average Bonchev–Trinajstić information content (AvgIpc) is 2.27. The summed E-state index contributed by atoms with van der Waals surface area (Å²) in [4.78, 5) is 2.32. The Morgan fingerprint density at radius 3 is 2.24 bits per heavy atom. The monoisotopic (exact) mass is 240 g/mol. The van der Waals surface area contributed by atoms with E-state index in [2.05, 4.69) is 51.5 Å². The Kier molecular flexibility index (Phi) is 8.32. The average molecular weight is 240 g/mol. The summed E-state index contributed by atoms with van der Waals surface area (Å²) in [6.07, 6.45) is 2.58. The van der Waals surface area contributed by atoms with Crippen molar-refractivity contribution in [1.29, 1.82) is 0 Å². The lowest BCUT2D eigenvalue weighted by molar-refractivity contribution is 0.255. The normalized spacial score (nSPS) is 14.8. The summed E-state index contributed by atoms with van der Waals surface area (Å²) in [5.41, 5.74) is 1.25. The van der Waals surface area contributed by atoms with Gasteiger partial charge in [-0.25, -0.2) is 0 Å². The molecule has 0 radical (unpaired) electrons. The number of hydrogen-bond acceptors (Lipinski definition) is 2. The van der Waals surface area contributed by atoms with E-state index in [0.717, 1.165) is 24.9 Å². The topological polar surface area (TPSA) is 15.3 Å². The third kappa shape index (κ3) is 6.72. The van der Waals surface area contributed by atoms with Crippen molar-refractivity contribution < 1.29 is 0 Å². The van der Waals surface area contributed by atoms with Gasteiger partial charge in [-0.3, -0.25) is 0 Å². The highest BCUT2D eigenvalue weighted by Gasteiger charge is 2.15. The first-order chi connectivity index (χ1) is 7.90. The van der Waals surface area contributed by atoms with Crippen LogP contribution in [0.4, 0.5) is 0 Å². The van der Waals surface area contributed by atoms with Crippen molar-refractivity contribution >= 4 is 0 Å². The van der Waals surface area contributed by atoms with Gasteiger partial charge in [-0.1, -0.05) is 34.3 Å². The third-order valence-electron chi connectivity index (χ3n) is 3.78. The summed E-state index contributed by atoms with van der Waals surface area (Å²) in [5.74, 6) is 2.06. The van der Waals surface area contributed by atoms with Crippen molar-refractivity contribution in [3.8, 4) is 0 Å². The summed E-state index contributed by atoms with van der Waals surface area (Å²) < 4.78 is 0. The Labute approximate surface area is 108 Å². The maximum Gasteiger partial charge on any atom is 0.0199 e. The molecule has 1 N–H and O–H groups in total. The quantitative estimate of drug-likeness (QED) is 0.622. The van der Waals surface area contributed by atoms with Crippen LogP contribution in [0.25, 0.3) is 0 Å². The SMILES string of the molecule is C=C(C(C)C)N(C)CC(C)C(C)CCCNC. The summed E-state index contributed by atoms with van der Waals surface area (Å²) in [7, 11) is 4.19. The van der Waals surface area contributed by atoms with Crippen LogP contribution in [-0.4, -0.2) is 32.1 Å². The fourth-order valence-electron chi connectivity index (χ4n) is 2.06. The molecule has 0 aliphatic carbocycles. The van der Waals surface area contributed by atoms with Crippen LogP contribution >= 0.6 is 0 Å². The fourth-order valence-corrected chi connectivity index (χ4v) is 2.06. The molecule has 2 nitrogen and oxygen atoms in total. The molecular formula is C15H32N2. The smallest absolute Gasteiger partial charge is 0.0199 e. The lowest BCUT2D eigenvalue weighted by Gasteiger charge is -2.30. The first-order valence-corrected chi connectivity index (χ1v) is 6.94. The zero-order chi connectivity index (χ0) is 13.4. The van der Waals surface area contributed by atoms with Gasteiger partial charge < -0.3 is 10.2 Å². The molecule has 102 valence electrons. The van der Waals surface area contributed by atoms with Gasteiger partial charge in [-0.15, -0.1) is 0 Å². The molecule has 0 aromatic rings. The van der Waals surface area contributed by atoms with Gasteiger partial charge in [-0.05, 0) is 44.2 Å². The van der Waals surface area contributed by atoms with E-state index in [-0.39, 0.29) is 0 Å². The maximum atomic E-state index is 4.16. The van der Waals surface area contributed by atoms with Gasteiger partial charge in [0.2, 0.25) is 0 Å². The first kappa shape index (κ1) is 16.5. The highest BCUT2D eigenvalue weighted by atomic mass is 15.1. The highest BCUT2D eigenvalue weighted by Crippen LogP contribution is 2.20. The Balaban J connectivity index is 3.97. The molecule has 0 heterocycles. The number of hydrogen-bond donors (Lipinski definition) is 1. The van der Waals surface area contributed by atoms with E-state index in [1.165, 1.54) is 18.5 Å². The largest absolute Gasteiger partial charge is 0.378 e. The molecule has 0 aromatic heterocycles. The summed E-state index contributed by atoms with van der Waals surface area (Å²) in [5, 5.41) is 3.21. The van der Waals surface area contributed by atoms with Crippen molar-refractivity contribution in [2.75, 3.05) is 27.2 Å². The van der Waals surface area contributed by atoms with Gasteiger partial charge >= 0.3 is 0 Å². The van der Waals surface area contributed by atoms with E-state index in [0.29, 0.717) is 5.92 Å². The third-order valence-corrected chi connectivity index (χ3v) is 3.78. The Bertz CT molecular complexity index is 211. The van der Waals surface area contributed by atoms with E-state index < -0.39 is 0 Å². The summed E-state index contributed by atoms with van der Waals surface area (Å²) >= 11 is 0. The van der Waals surface area contributed by atoms with Crippen molar-refractivity contribution in [2.45, 2.75) is 40.5 Å². The second-order valence-electron chi connectivity index (χ2n) is 5.73. The molecule has 2 unspecified atom stereocenters. The molecular weight excluding hydrogens is 208 g/mol. The second-order valence-corrected chi connectivity index (χ2v) is 5.73. The van der Waals surface area contributed by atoms with Crippen molar-refractivity contribution in [1.82, 2.24) is 10.2 Å². The van der Waals surface area contributed by atoms with Crippen molar-refractivity contribution in [2.24, 2.45) is 17.8 Å². The van der Waals surface area contributed by atoms with Crippen LogP contribution in [0.15, 0.2) is 12.3 Å². The van der Waals surface area contributed by atoms with Crippen LogP contribution in [0.1, 0.15) is 40.5 Å². The standard InChI is InChI=1S/C15H32N2/c1-12(2)15(5)17(7)11-14(4)13(3)9-8-10-16-6/h12-14,16H,5,8-11H2,1-4,6-7H3. The van der Waals surface area contributed by atoms with E-state index >= 15 is 0 Å². The van der Waals surface area contributed by atoms with Crippen LogP contribution in [-0.2, 0) is 0 Å².